The summed E-state index contributed by atoms with van der Waals surface area (Å²) < 4.78 is 57.5. The van der Waals surface area contributed by atoms with Crippen LogP contribution in [0.4, 0.5) is 14.5 Å². The van der Waals surface area contributed by atoms with Gasteiger partial charge in [0.2, 0.25) is 10.0 Å². The molecule has 1 unspecified atom stereocenters. The summed E-state index contributed by atoms with van der Waals surface area (Å²) in [7, 11) is -3.56. The summed E-state index contributed by atoms with van der Waals surface area (Å²) in [5.74, 6) is -0.913. The van der Waals surface area contributed by atoms with E-state index in [-0.39, 0.29) is 36.1 Å². The molecule has 3 aromatic rings. The third-order valence-corrected chi connectivity index (χ3v) is 6.78. The zero-order valence-electron chi connectivity index (χ0n) is 19.5. The molecule has 4 rings (SSSR count). The molecule has 2 aromatic heterocycles. The number of nitrogens with two attached hydrogens (primary N) is 1. The Bertz CT molecular complexity index is 1320. The van der Waals surface area contributed by atoms with Gasteiger partial charge in [-0.05, 0) is 43.5 Å². The molecule has 0 spiro atoms. The van der Waals surface area contributed by atoms with Crippen LogP contribution in [0.15, 0.2) is 36.7 Å². The molecule has 0 fully saturated rings. The first kappa shape index (κ1) is 24.9. The van der Waals surface area contributed by atoms with Gasteiger partial charge in [0, 0.05) is 23.5 Å². The van der Waals surface area contributed by atoms with Crippen molar-refractivity contribution in [3.8, 4) is 17.0 Å². The molecule has 0 saturated carbocycles. The Hall–Kier alpha value is -3.18. The van der Waals surface area contributed by atoms with Crippen molar-refractivity contribution in [2.45, 2.75) is 39.2 Å². The van der Waals surface area contributed by atoms with E-state index in [1.165, 1.54) is 6.07 Å². The van der Waals surface area contributed by atoms with E-state index in [0.29, 0.717) is 35.9 Å². The minimum Gasteiger partial charge on any atom is -0.486 e. The molecule has 1 aliphatic heterocycles. The van der Waals surface area contributed by atoms with Gasteiger partial charge in [-0.25, -0.2) is 32.3 Å². The van der Waals surface area contributed by atoms with Crippen molar-refractivity contribution in [2.24, 2.45) is 5.14 Å². The van der Waals surface area contributed by atoms with Crippen molar-refractivity contribution in [2.75, 3.05) is 23.8 Å². The second-order valence-electron chi connectivity index (χ2n) is 8.54. The molecule has 2 N–H and O–H groups in total. The Labute approximate surface area is 203 Å². The highest BCUT2D eigenvalue weighted by Gasteiger charge is 2.26. The highest BCUT2D eigenvalue weighted by atomic mass is 32.2. The van der Waals surface area contributed by atoms with Crippen LogP contribution in [0.5, 0.6) is 5.75 Å². The first-order chi connectivity index (χ1) is 16.6. The molecule has 35 heavy (non-hydrogen) atoms. The molecule has 11 heteroatoms. The van der Waals surface area contributed by atoms with Crippen LogP contribution in [0.25, 0.3) is 11.3 Å². The summed E-state index contributed by atoms with van der Waals surface area (Å²) in [6, 6.07) is 6.58. The number of primary sulfonamides is 1. The van der Waals surface area contributed by atoms with Gasteiger partial charge < -0.3 is 9.64 Å². The Morgan fingerprint density at radius 3 is 2.66 bits per heavy atom. The second kappa shape index (κ2) is 10.2. The standard InChI is InChI=1S/C24H27F2N5O3S/c1-3-15(2)31-7-8-34-24-19(25)10-17(11-21(24)31)23-20(26)14-29-22(30-23)12-18-5-4-16(13-28-18)6-9-35(27,32)33/h4-5,10-11,13-15H,3,6-9,12H2,1-2H3,(H2,27,32,33). The minimum atomic E-state index is -3.56. The van der Waals surface area contributed by atoms with E-state index in [2.05, 4.69) is 33.7 Å². The fraction of sp³-hybridized carbons (Fsp3) is 0.375. The summed E-state index contributed by atoms with van der Waals surface area (Å²) >= 11 is 0. The predicted octanol–water partition coefficient (Wildman–Crippen LogP) is 3.24. The number of anilines is 1. The third-order valence-electron chi connectivity index (χ3n) is 6.00. The predicted molar refractivity (Wildman–Crippen MR) is 129 cm³/mol. The summed E-state index contributed by atoms with van der Waals surface area (Å²) in [5.41, 5.74) is 2.22. The molecule has 0 radical (unpaired) electrons. The number of rotatable bonds is 8. The van der Waals surface area contributed by atoms with Crippen LogP contribution in [-0.2, 0) is 22.9 Å². The highest BCUT2D eigenvalue weighted by molar-refractivity contribution is 7.89. The van der Waals surface area contributed by atoms with Crippen LogP contribution in [0.3, 0.4) is 0 Å². The van der Waals surface area contributed by atoms with Crippen molar-refractivity contribution in [3.63, 3.8) is 0 Å². The summed E-state index contributed by atoms with van der Waals surface area (Å²) in [5, 5.41) is 5.04. The lowest BCUT2D eigenvalue weighted by Gasteiger charge is -2.36. The van der Waals surface area contributed by atoms with E-state index in [0.717, 1.165) is 18.2 Å². The largest absolute Gasteiger partial charge is 0.486 e. The molecule has 3 heterocycles. The Morgan fingerprint density at radius 2 is 1.97 bits per heavy atom. The van der Waals surface area contributed by atoms with Crippen LogP contribution in [0.1, 0.15) is 37.4 Å². The number of sulfonamides is 1. The number of hydrogen-bond donors (Lipinski definition) is 1. The van der Waals surface area contributed by atoms with E-state index < -0.39 is 21.7 Å². The van der Waals surface area contributed by atoms with Crippen molar-refractivity contribution in [3.05, 3.63) is 65.4 Å². The summed E-state index contributed by atoms with van der Waals surface area (Å²) in [6.45, 7) is 5.10. The lowest BCUT2D eigenvalue weighted by atomic mass is 10.1. The maximum atomic E-state index is 14.9. The highest BCUT2D eigenvalue weighted by Crippen LogP contribution is 2.39. The average molecular weight is 504 g/mol. The summed E-state index contributed by atoms with van der Waals surface area (Å²) in [4.78, 5) is 14.8. The molecule has 8 nitrogen and oxygen atoms in total. The van der Waals surface area contributed by atoms with Crippen molar-refractivity contribution < 1.29 is 21.9 Å². The topological polar surface area (TPSA) is 111 Å². The number of fused-ring (bicyclic) bond motifs is 1. The van der Waals surface area contributed by atoms with E-state index in [1.807, 2.05) is 0 Å². The number of pyridine rings is 1. The molecule has 186 valence electrons. The average Bonchev–Trinajstić information content (AvgIpc) is 2.83. The smallest absolute Gasteiger partial charge is 0.209 e. The molecule has 1 aliphatic rings. The Kier molecular flexibility index (Phi) is 7.27. The fourth-order valence-corrected chi connectivity index (χ4v) is 4.46. The van der Waals surface area contributed by atoms with Gasteiger partial charge in [-0.15, -0.1) is 0 Å². The van der Waals surface area contributed by atoms with Gasteiger partial charge in [0.15, 0.2) is 17.4 Å². The Morgan fingerprint density at radius 1 is 1.17 bits per heavy atom. The van der Waals surface area contributed by atoms with Crippen molar-refractivity contribution in [1.82, 2.24) is 15.0 Å². The number of halogens is 2. The van der Waals surface area contributed by atoms with Gasteiger partial charge in [-0.3, -0.25) is 4.98 Å². The third kappa shape index (κ3) is 5.91. The van der Waals surface area contributed by atoms with Crippen molar-refractivity contribution >= 4 is 15.7 Å². The van der Waals surface area contributed by atoms with Crippen LogP contribution >= 0.6 is 0 Å². The number of benzene rings is 1. The maximum absolute atomic E-state index is 14.9. The van der Waals surface area contributed by atoms with E-state index in [4.69, 9.17) is 9.88 Å². The Balaban J connectivity index is 1.60. The zero-order valence-corrected chi connectivity index (χ0v) is 20.4. The van der Waals surface area contributed by atoms with Gasteiger partial charge >= 0.3 is 0 Å². The molecule has 0 amide bonds. The SMILES string of the molecule is CCC(C)N1CCOc2c(F)cc(-c3nc(Cc4ccc(CCS(N)(=O)=O)cn4)ncc3F)cc21. The van der Waals surface area contributed by atoms with E-state index in [9.17, 15) is 17.2 Å². The second-order valence-corrected chi connectivity index (χ2v) is 10.3. The van der Waals surface area contributed by atoms with Crippen LogP contribution < -0.4 is 14.8 Å². The van der Waals surface area contributed by atoms with Gasteiger partial charge in [0.25, 0.3) is 0 Å². The first-order valence-electron chi connectivity index (χ1n) is 11.3. The minimum absolute atomic E-state index is 0.00357. The lowest BCUT2D eigenvalue weighted by molar-refractivity contribution is 0.285. The number of hydrogen-bond acceptors (Lipinski definition) is 7. The van der Waals surface area contributed by atoms with Crippen molar-refractivity contribution in [1.29, 1.82) is 0 Å². The molecule has 0 saturated heterocycles. The maximum Gasteiger partial charge on any atom is 0.209 e. The van der Waals surface area contributed by atoms with Gasteiger partial charge in [-0.1, -0.05) is 13.0 Å². The monoisotopic (exact) mass is 503 g/mol. The normalized spacial score (nSPS) is 14.4. The molecule has 1 atom stereocenters. The molecule has 0 aliphatic carbocycles. The van der Waals surface area contributed by atoms with Gasteiger partial charge in [-0.2, -0.15) is 0 Å². The molecular weight excluding hydrogens is 476 g/mol. The lowest BCUT2D eigenvalue weighted by Crippen LogP contribution is -2.39. The molecular formula is C24H27F2N5O3S. The number of aryl methyl sites for hydroxylation is 1. The van der Waals surface area contributed by atoms with Gasteiger partial charge in [0.05, 0.1) is 30.6 Å². The molecule has 1 aromatic carbocycles. The molecule has 0 bridgehead atoms. The van der Waals surface area contributed by atoms with Gasteiger partial charge in [0.1, 0.15) is 18.1 Å². The first-order valence-corrected chi connectivity index (χ1v) is 13.0. The van der Waals surface area contributed by atoms with Crippen LogP contribution in [0.2, 0.25) is 0 Å². The number of aromatic nitrogens is 3. The zero-order chi connectivity index (χ0) is 25.2. The van der Waals surface area contributed by atoms with E-state index >= 15 is 0 Å². The summed E-state index contributed by atoms with van der Waals surface area (Å²) in [6.07, 6.45) is 3.97. The van der Waals surface area contributed by atoms with Crippen LogP contribution in [0, 0.1) is 11.6 Å². The van der Waals surface area contributed by atoms with E-state index in [1.54, 1.807) is 24.4 Å². The number of ether oxygens (including phenoxy) is 1. The fourth-order valence-electron chi connectivity index (χ4n) is 3.94. The van der Waals surface area contributed by atoms with Crippen LogP contribution in [-0.4, -0.2) is 48.3 Å². The quantitative estimate of drug-likeness (QED) is 0.502. The number of nitrogens with zero attached hydrogens (tertiary/aromatic N) is 4.